The number of rotatable bonds is 4. The van der Waals surface area contributed by atoms with Gasteiger partial charge in [-0.3, -0.25) is 9.69 Å². The maximum absolute atomic E-state index is 13.1. The van der Waals surface area contributed by atoms with Gasteiger partial charge in [0.15, 0.2) is 0 Å². The zero-order valence-corrected chi connectivity index (χ0v) is 15.4. The lowest BCUT2D eigenvalue weighted by Gasteiger charge is -2.35. The second-order valence-electron chi connectivity index (χ2n) is 7.22. The molecule has 0 saturated carbocycles. The molecule has 156 valence electrons. The molecule has 2 nitrogen and oxygen atoms in total. The van der Waals surface area contributed by atoms with E-state index in [9.17, 15) is 31.1 Å². The van der Waals surface area contributed by atoms with E-state index in [2.05, 4.69) is 0 Å². The van der Waals surface area contributed by atoms with Crippen LogP contribution in [0.25, 0.3) is 0 Å². The Morgan fingerprint density at radius 3 is 2.00 bits per heavy atom. The minimum atomic E-state index is -4.88. The fourth-order valence-corrected chi connectivity index (χ4v) is 3.59. The van der Waals surface area contributed by atoms with E-state index in [1.54, 1.807) is 4.90 Å². The molecule has 0 bridgehead atoms. The predicted octanol–water partition coefficient (Wildman–Crippen LogP) is 5.50. The van der Waals surface area contributed by atoms with Crippen molar-refractivity contribution in [2.24, 2.45) is 0 Å². The lowest BCUT2D eigenvalue weighted by atomic mass is 9.94. The van der Waals surface area contributed by atoms with Crippen molar-refractivity contribution in [2.75, 3.05) is 6.54 Å². The van der Waals surface area contributed by atoms with Gasteiger partial charge in [0.05, 0.1) is 11.1 Å². The molecule has 0 spiro atoms. The Hall–Kier alpha value is -2.35. The number of benzene rings is 2. The molecule has 29 heavy (non-hydrogen) atoms. The summed E-state index contributed by atoms with van der Waals surface area (Å²) in [7, 11) is 0. The van der Waals surface area contributed by atoms with E-state index < -0.39 is 23.5 Å². The van der Waals surface area contributed by atoms with Gasteiger partial charge in [0, 0.05) is 32.0 Å². The first-order valence-electron chi connectivity index (χ1n) is 9.10. The van der Waals surface area contributed by atoms with Gasteiger partial charge >= 0.3 is 12.4 Å². The number of carbonyl (C=O) groups excluding carboxylic acids is 1. The van der Waals surface area contributed by atoms with Gasteiger partial charge in [0.25, 0.3) is 0 Å². The summed E-state index contributed by atoms with van der Waals surface area (Å²) in [6.45, 7) is 0.214. The van der Waals surface area contributed by atoms with Crippen molar-refractivity contribution in [1.82, 2.24) is 4.90 Å². The third kappa shape index (κ3) is 5.59. The lowest BCUT2D eigenvalue weighted by Crippen LogP contribution is -2.43. The van der Waals surface area contributed by atoms with Crippen molar-refractivity contribution in [3.05, 3.63) is 70.8 Å². The van der Waals surface area contributed by atoms with Crippen LogP contribution >= 0.6 is 0 Å². The molecule has 0 amide bonds. The quantitative estimate of drug-likeness (QED) is 0.615. The second-order valence-corrected chi connectivity index (χ2v) is 7.22. The summed E-state index contributed by atoms with van der Waals surface area (Å²) in [6.07, 6.45) is -8.80. The van der Waals surface area contributed by atoms with Gasteiger partial charge < -0.3 is 0 Å². The van der Waals surface area contributed by atoms with Crippen molar-refractivity contribution in [3.8, 4) is 0 Å². The third-order valence-corrected chi connectivity index (χ3v) is 5.00. The summed E-state index contributed by atoms with van der Waals surface area (Å²) in [5, 5.41) is 0. The van der Waals surface area contributed by atoms with Crippen LogP contribution in [0.4, 0.5) is 26.3 Å². The van der Waals surface area contributed by atoms with Crippen molar-refractivity contribution in [1.29, 1.82) is 0 Å². The standard InChI is InChI=1S/C21H19F6NO/c22-20(23,24)16-8-15(9-17(11-16)21(25,26)27)13-28-7-6-19(29)12-18(28)10-14-4-2-1-3-5-14/h1-5,8-9,11,18H,6-7,10,12-13H2. The first-order valence-corrected chi connectivity index (χ1v) is 9.10. The Bertz CT molecular complexity index is 827. The summed E-state index contributed by atoms with van der Waals surface area (Å²) < 4.78 is 78.6. The molecule has 1 heterocycles. The largest absolute Gasteiger partial charge is 0.416 e. The molecule has 0 aliphatic carbocycles. The highest BCUT2D eigenvalue weighted by molar-refractivity contribution is 5.80. The monoisotopic (exact) mass is 415 g/mol. The van der Waals surface area contributed by atoms with Crippen LogP contribution in [0.5, 0.6) is 0 Å². The van der Waals surface area contributed by atoms with E-state index in [-0.39, 0.29) is 42.8 Å². The molecule has 2 aromatic rings. The van der Waals surface area contributed by atoms with Crippen LogP contribution in [-0.4, -0.2) is 23.3 Å². The SMILES string of the molecule is O=C1CCN(Cc2cc(C(F)(F)F)cc(C(F)(F)F)c2)C(Cc2ccccc2)C1. The number of carbonyl (C=O) groups is 1. The molecule has 0 radical (unpaired) electrons. The van der Waals surface area contributed by atoms with E-state index in [0.29, 0.717) is 13.0 Å². The van der Waals surface area contributed by atoms with Crippen molar-refractivity contribution in [3.63, 3.8) is 0 Å². The van der Waals surface area contributed by atoms with Crippen LogP contribution < -0.4 is 0 Å². The molecule has 1 fully saturated rings. The van der Waals surface area contributed by atoms with Crippen molar-refractivity contribution < 1.29 is 31.1 Å². The fourth-order valence-electron chi connectivity index (χ4n) is 3.59. The Morgan fingerprint density at radius 2 is 1.45 bits per heavy atom. The van der Waals surface area contributed by atoms with Crippen molar-refractivity contribution >= 4 is 5.78 Å². The number of Topliss-reactive ketones (excluding diaryl/α,β-unsaturated/α-hetero) is 1. The van der Waals surface area contributed by atoms with Gasteiger partial charge in [0.1, 0.15) is 5.78 Å². The van der Waals surface area contributed by atoms with Crippen LogP contribution in [0.2, 0.25) is 0 Å². The predicted molar refractivity (Wildman–Crippen MR) is 95.0 cm³/mol. The van der Waals surface area contributed by atoms with Gasteiger partial charge in [-0.1, -0.05) is 30.3 Å². The first-order chi connectivity index (χ1) is 13.5. The number of piperidine rings is 1. The average Bonchev–Trinajstić information content (AvgIpc) is 2.63. The van der Waals surface area contributed by atoms with Gasteiger partial charge in [-0.05, 0) is 35.7 Å². The number of ketones is 1. The second kappa shape index (κ2) is 8.18. The molecular formula is C21H19F6NO. The molecule has 1 unspecified atom stereocenters. The van der Waals surface area contributed by atoms with E-state index in [1.165, 1.54) is 0 Å². The van der Waals surface area contributed by atoms with E-state index >= 15 is 0 Å². The minimum Gasteiger partial charge on any atom is -0.300 e. The zero-order valence-electron chi connectivity index (χ0n) is 15.4. The molecule has 1 saturated heterocycles. The maximum atomic E-state index is 13.1. The number of alkyl halides is 6. The number of likely N-dealkylation sites (tertiary alicyclic amines) is 1. The molecule has 1 aliphatic rings. The van der Waals surface area contributed by atoms with Crippen molar-refractivity contribution in [2.45, 2.75) is 44.2 Å². The normalized spacial score (nSPS) is 18.8. The molecule has 1 atom stereocenters. The molecule has 0 aromatic heterocycles. The summed E-state index contributed by atoms with van der Waals surface area (Å²) in [4.78, 5) is 13.7. The Morgan fingerprint density at radius 1 is 0.862 bits per heavy atom. The van der Waals surface area contributed by atoms with Crippen LogP contribution in [-0.2, 0) is 30.1 Å². The topological polar surface area (TPSA) is 20.3 Å². The summed E-state index contributed by atoms with van der Waals surface area (Å²) in [6, 6.07) is 10.6. The molecule has 3 rings (SSSR count). The highest BCUT2D eigenvalue weighted by atomic mass is 19.4. The van der Waals surface area contributed by atoms with E-state index in [1.807, 2.05) is 30.3 Å². The van der Waals surface area contributed by atoms with E-state index in [0.717, 1.165) is 17.7 Å². The van der Waals surface area contributed by atoms with Crippen LogP contribution in [0.1, 0.15) is 35.1 Å². The van der Waals surface area contributed by atoms with Crippen LogP contribution in [0, 0.1) is 0 Å². The Kier molecular flexibility index (Phi) is 6.03. The van der Waals surface area contributed by atoms with E-state index in [4.69, 9.17) is 0 Å². The molecule has 8 heteroatoms. The molecule has 1 aliphatic heterocycles. The highest BCUT2D eigenvalue weighted by Gasteiger charge is 2.37. The molecule has 2 aromatic carbocycles. The number of nitrogens with zero attached hydrogens (tertiary/aromatic N) is 1. The smallest absolute Gasteiger partial charge is 0.300 e. The average molecular weight is 415 g/mol. The Balaban J connectivity index is 1.88. The lowest BCUT2D eigenvalue weighted by molar-refractivity contribution is -0.143. The number of halogens is 6. The van der Waals surface area contributed by atoms with Crippen LogP contribution in [0.15, 0.2) is 48.5 Å². The number of hydrogen-bond donors (Lipinski definition) is 0. The molecular weight excluding hydrogens is 396 g/mol. The summed E-state index contributed by atoms with van der Waals surface area (Å²) >= 11 is 0. The fraction of sp³-hybridized carbons (Fsp3) is 0.381. The third-order valence-electron chi connectivity index (χ3n) is 5.00. The van der Waals surface area contributed by atoms with Gasteiger partial charge in [-0.2, -0.15) is 26.3 Å². The van der Waals surface area contributed by atoms with Gasteiger partial charge in [0.2, 0.25) is 0 Å². The zero-order chi connectivity index (χ0) is 21.2. The minimum absolute atomic E-state index is 0.0437. The summed E-state index contributed by atoms with van der Waals surface area (Å²) in [5.41, 5.74) is -1.76. The van der Waals surface area contributed by atoms with Gasteiger partial charge in [-0.25, -0.2) is 0 Å². The van der Waals surface area contributed by atoms with Gasteiger partial charge in [-0.15, -0.1) is 0 Å². The summed E-state index contributed by atoms with van der Waals surface area (Å²) in [5.74, 6) is 0.0437. The molecule has 0 N–H and O–H groups in total. The first kappa shape index (κ1) is 21.4. The number of hydrogen-bond acceptors (Lipinski definition) is 2. The highest BCUT2D eigenvalue weighted by Crippen LogP contribution is 2.37. The Labute approximate surface area is 164 Å². The van der Waals surface area contributed by atoms with Crippen LogP contribution in [0.3, 0.4) is 0 Å². The maximum Gasteiger partial charge on any atom is 0.416 e.